The Morgan fingerprint density at radius 3 is 2.58 bits per heavy atom. The molecule has 0 saturated carbocycles. The molecule has 0 bridgehead atoms. The van der Waals surface area contributed by atoms with E-state index in [9.17, 15) is 4.79 Å². The van der Waals surface area contributed by atoms with Crippen LogP contribution in [0.5, 0.6) is 5.75 Å². The first kappa shape index (κ1) is 8.74. The summed E-state index contributed by atoms with van der Waals surface area (Å²) in [6, 6.07) is 6.67. The van der Waals surface area contributed by atoms with Crippen molar-refractivity contribution in [1.82, 2.24) is 0 Å². The summed E-state index contributed by atoms with van der Waals surface area (Å²) in [7, 11) is 0. The van der Waals surface area contributed by atoms with Crippen LogP contribution in [0.15, 0.2) is 24.3 Å². The Labute approximate surface area is 70.6 Å². The van der Waals surface area contributed by atoms with Crippen LogP contribution in [-0.2, 0) is 16.1 Å². The standard InChI is InChI=1S/C9H10O3/c10-5-6-12-7-8-1-3-9(11)4-2-8/h1-5,11H,6-7H2. The first-order valence-corrected chi connectivity index (χ1v) is 3.62. The highest BCUT2D eigenvalue weighted by Gasteiger charge is 1.92. The zero-order valence-electron chi connectivity index (χ0n) is 6.56. The van der Waals surface area contributed by atoms with Gasteiger partial charge >= 0.3 is 0 Å². The molecule has 0 fully saturated rings. The monoisotopic (exact) mass is 166 g/mol. The summed E-state index contributed by atoms with van der Waals surface area (Å²) in [6.07, 6.45) is 0.709. The van der Waals surface area contributed by atoms with Crippen molar-refractivity contribution in [2.75, 3.05) is 6.61 Å². The van der Waals surface area contributed by atoms with Gasteiger partial charge in [-0.1, -0.05) is 12.1 Å². The molecule has 0 aliphatic heterocycles. The van der Waals surface area contributed by atoms with E-state index in [4.69, 9.17) is 9.84 Å². The quantitative estimate of drug-likeness (QED) is 0.538. The van der Waals surface area contributed by atoms with Crippen molar-refractivity contribution in [2.45, 2.75) is 6.61 Å². The lowest BCUT2D eigenvalue weighted by atomic mass is 10.2. The molecule has 1 N–H and O–H groups in total. The minimum atomic E-state index is 0.112. The maximum atomic E-state index is 9.88. The van der Waals surface area contributed by atoms with Crippen molar-refractivity contribution in [3.05, 3.63) is 29.8 Å². The molecule has 1 aromatic rings. The van der Waals surface area contributed by atoms with Gasteiger partial charge in [-0.25, -0.2) is 0 Å². The molecule has 12 heavy (non-hydrogen) atoms. The van der Waals surface area contributed by atoms with Crippen LogP contribution in [0.4, 0.5) is 0 Å². The molecule has 0 spiro atoms. The van der Waals surface area contributed by atoms with Crippen LogP contribution in [0.2, 0.25) is 0 Å². The third-order valence-corrected chi connectivity index (χ3v) is 1.39. The summed E-state index contributed by atoms with van der Waals surface area (Å²) in [4.78, 5) is 9.88. The molecular weight excluding hydrogens is 156 g/mol. The van der Waals surface area contributed by atoms with Gasteiger partial charge < -0.3 is 14.6 Å². The van der Waals surface area contributed by atoms with Crippen molar-refractivity contribution in [3.8, 4) is 5.75 Å². The summed E-state index contributed by atoms with van der Waals surface area (Å²) < 4.78 is 4.96. The highest BCUT2D eigenvalue weighted by molar-refractivity contribution is 5.50. The molecule has 1 aromatic carbocycles. The van der Waals surface area contributed by atoms with Crippen LogP contribution >= 0.6 is 0 Å². The Morgan fingerprint density at radius 1 is 1.33 bits per heavy atom. The Morgan fingerprint density at radius 2 is 2.00 bits per heavy atom. The molecule has 3 nitrogen and oxygen atoms in total. The maximum Gasteiger partial charge on any atom is 0.145 e. The predicted octanol–water partition coefficient (Wildman–Crippen LogP) is 1.11. The van der Waals surface area contributed by atoms with E-state index in [1.165, 1.54) is 0 Å². The average Bonchev–Trinajstić information content (AvgIpc) is 2.09. The number of carbonyl (C=O) groups excluding carboxylic acids is 1. The number of ether oxygens (including phenoxy) is 1. The van der Waals surface area contributed by atoms with Crippen molar-refractivity contribution in [1.29, 1.82) is 0 Å². The molecule has 0 aromatic heterocycles. The molecule has 0 aliphatic rings. The number of phenols is 1. The lowest BCUT2D eigenvalue weighted by molar-refractivity contribution is -0.112. The Hall–Kier alpha value is -1.35. The van der Waals surface area contributed by atoms with Crippen molar-refractivity contribution in [3.63, 3.8) is 0 Å². The van der Waals surface area contributed by atoms with E-state index in [-0.39, 0.29) is 12.4 Å². The second-order valence-corrected chi connectivity index (χ2v) is 2.35. The van der Waals surface area contributed by atoms with Gasteiger partial charge in [-0.15, -0.1) is 0 Å². The lowest BCUT2D eigenvalue weighted by Crippen LogP contribution is -1.95. The molecule has 0 amide bonds. The van der Waals surface area contributed by atoms with E-state index in [0.717, 1.165) is 5.56 Å². The van der Waals surface area contributed by atoms with Gasteiger partial charge in [0.15, 0.2) is 0 Å². The van der Waals surface area contributed by atoms with Crippen molar-refractivity contribution < 1.29 is 14.6 Å². The van der Waals surface area contributed by atoms with Gasteiger partial charge in [-0.2, -0.15) is 0 Å². The first-order valence-electron chi connectivity index (χ1n) is 3.62. The van der Waals surface area contributed by atoms with E-state index in [2.05, 4.69) is 0 Å². The molecule has 0 heterocycles. The van der Waals surface area contributed by atoms with Crippen LogP contribution in [0.3, 0.4) is 0 Å². The van der Waals surface area contributed by atoms with Gasteiger partial charge in [-0.05, 0) is 17.7 Å². The first-order chi connectivity index (χ1) is 5.83. The van der Waals surface area contributed by atoms with Crippen LogP contribution in [0.1, 0.15) is 5.56 Å². The lowest BCUT2D eigenvalue weighted by Gasteiger charge is -1.99. The largest absolute Gasteiger partial charge is 0.508 e. The zero-order valence-corrected chi connectivity index (χ0v) is 6.56. The van der Waals surface area contributed by atoms with Gasteiger partial charge in [-0.3, -0.25) is 0 Å². The number of rotatable bonds is 4. The van der Waals surface area contributed by atoms with Gasteiger partial charge in [0.05, 0.1) is 6.61 Å². The molecule has 0 aliphatic carbocycles. The molecule has 3 heteroatoms. The van der Waals surface area contributed by atoms with Gasteiger partial charge in [0.2, 0.25) is 0 Å². The predicted molar refractivity (Wildman–Crippen MR) is 43.8 cm³/mol. The Kier molecular flexibility index (Phi) is 3.29. The fourth-order valence-corrected chi connectivity index (χ4v) is 0.817. The highest BCUT2D eigenvalue weighted by Crippen LogP contribution is 2.09. The van der Waals surface area contributed by atoms with Crippen LogP contribution < -0.4 is 0 Å². The number of aldehydes is 1. The summed E-state index contributed by atoms with van der Waals surface area (Å²) in [6.45, 7) is 0.514. The van der Waals surface area contributed by atoms with E-state index >= 15 is 0 Å². The van der Waals surface area contributed by atoms with Crippen molar-refractivity contribution >= 4 is 6.29 Å². The third-order valence-electron chi connectivity index (χ3n) is 1.39. The number of aromatic hydroxyl groups is 1. The van der Waals surface area contributed by atoms with Crippen molar-refractivity contribution in [2.24, 2.45) is 0 Å². The van der Waals surface area contributed by atoms with E-state index < -0.39 is 0 Å². The summed E-state index contributed by atoms with van der Waals surface area (Å²) in [5.41, 5.74) is 0.939. The minimum Gasteiger partial charge on any atom is -0.508 e. The number of hydrogen-bond acceptors (Lipinski definition) is 3. The second kappa shape index (κ2) is 4.51. The fourth-order valence-electron chi connectivity index (χ4n) is 0.817. The minimum absolute atomic E-state index is 0.112. The van der Waals surface area contributed by atoms with E-state index in [1.54, 1.807) is 24.3 Å². The number of hydrogen-bond donors (Lipinski definition) is 1. The normalized spacial score (nSPS) is 9.67. The van der Waals surface area contributed by atoms with E-state index in [1.807, 2.05) is 0 Å². The fraction of sp³-hybridized carbons (Fsp3) is 0.222. The number of carbonyl (C=O) groups is 1. The number of benzene rings is 1. The molecule has 0 unspecified atom stereocenters. The molecule has 64 valence electrons. The van der Waals surface area contributed by atoms with Gasteiger partial charge in [0.25, 0.3) is 0 Å². The zero-order chi connectivity index (χ0) is 8.81. The second-order valence-electron chi connectivity index (χ2n) is 2.35. The van der Waals surface area contributed by atoms with Crippen LogP contribution in [0.25, 0.3) is 0 Å². The molecular formula is C9H10O3. The Balaban J connectivity index is 2.42. The highest BCUT2D eigenvalue weighted by atomic mass is 16.5. The molecule has 0 atom stereocenters. The smallest absolute Gasteiger partial charge is 0.145 e. The van der Waals surface area contributed by atoms with Gasteiger partial charge in [0, 0.05) is 0 Å². The summed E-state index contributed by atoms with van der Waals surface area (Å²) >= 11 is 0. The average molecular weight is 166 g/mol. The number of phenolic OH excluding ortho intramolecular Hbond substituents is 1. The van der Waals surface area contributed by atoms with E-state index in [0.29, 0.717) is 12.9 Å². The third kappa shape index (κ3) is 2.72. The Bertz CT molecular complexity index is 240. The topological polar surface area (TPSA) is 46.5 Å². The molecule has 0 saturated heterocycles. The molecule has 0 radical (unpaired) electrons. The molecule has 1 rings (SSSR count). The summed E-state index contributed by atoms with van der Waals surface area (Å²) in [5, 5.41) is 8.93. The summed E-state index contributed by atoms with van der Waals surface area (Å²) in [5.74, 6) is 0.231. The van der Waals surface area contributed by atoms with Crippen LogP contribution in [0, 0.1) is 0 Å². The van der Waals surface area contributed by atoms with Crippen LogP contribution in [-0.4, -0.2) is 18.0 Å². The SMILES string of the molecule is O=CCOCc1ccc(O)cc1. The van der Waals surface area contributed by atoms with Gasteiger partial charge in [0.1, 0.15) is 18.6 Å². The maximum absolute atomic E-state index is 9.88.